The molecule has 0 bridgehead atoms. The van der Waals surface area contributed by atoms with E-state index < -0.39 is 23.7 Å². The summed E-state index contributed by atoms with van der Waals surface area (Å²) in [6, 6.07) is 5.21. The maximum Gasteiger partial charge on any atom is 0.411 e. The minimum Gasteiger partial charge on any atom is -0.508 e. The van der Waals surface area contributed by atoms with Crippen molar-refractivity contribution in [3.05, 3.63) is 29.8 Å². The molecule has 0 spiro atoms. The van der Waals surface area contributed by atoms with Crippen LogP contribution in [0.3, 0.4) is 0 Å². The normalized spacial score (nSPS) is 12.5. The van der Waals surface area contributed by atoms with Gasteiger partial charge in [0.25, 0.3) is 0 Å². The highest BCUT2D eigenvalue weighted by Gasteiger charge is 2.31. The molecule has 0 aliphatic carbocycles. The molecule has 2 N–H and O–H groups in total. The molecule has 1 amide bonds. The van der Waals surface area contributed by atoms with E-state index in [9.17, 15) is 19.8 Å². The highest BCUT2D eigenvalue weighted by Crippen LogP contribution is 2.17. The Bertz CT molecular complexity index is 518. The quantitative estimate of drug-likeness (QED) is 0.873. The number of phenolic OH excluding ortho intramolecular Hbond substituents is 1. The van der Waals surface area contributed by atoms with Gasteiger partial charge in [-0.3, -0.25) is 4.90 Å². The van der Waals surface area contributed by atoms with E-state index in [1.165, 1.54) is 17.0 Å². The molecule has 1 unspecified atom stereocenters. The molecule has 1 aromatic carbocycles. The van der Waals surface area contributed by atoms with Crippen molar-refractivity contribution < 1.29 is 24.5 Å². The largest absolute Gasteiger partial charge is 0.508 e. The fraction of sp³-hybridized carbons (Fsp3) is 0.500. The predicted octanol–water partition coefficient (Wildman–Crippen LogP) is 2.64. The number of hydrogen-bond donors (Lipinski definition) is 2. The zero-order chi connectivity index (χ0) is 16.9. The van der Waals surface area contributed by atoms with Gasteiger partial charge in [0.05, 0.1) is 0 Å². The third kappa shape index (κ3) is 5.27. The highest BCUT2D eigenvalue weighted by molar-refractivity contribution is 5.80. The molecule has 6 heteroatoms. The smallest absolute Gasteiger partial charge is 0.411 e. The molecule has 1 atom stereocenters. The number of carbonyl (C=O) groups is 2. The topological polar surface area (TPSA) is 87.1 Å². The van der Waals surface area contributed by atoms with Gasteiger partial charge in [0.1, 0.15) is 17.4 Å². The van der Waals surface area contributed by atoms with E-state index >= 15 is 0 Å². The first-order valence-electron chi connectivity index (χ1n) is 7.14. The van der Waals surface area contributed by atoms with Gasteiger partial charge in [-0.25, -0.2) is 9.59 Å². The van der Waals surface area contributed by atoms with Crippen LogP contribution in [0.1, 0.15) is 33.3 Å². The number of likely N-dealkylation sites (N-methyl/N-ethyl adjacent to an activating group) is 1. The molecule has 22 heavy (non-hydrogen) atoms. The lowest BCUT2D eigenvalue weighted by Crippen LogP contribution is -2.48. The number of carboxylic acid groups (broad SMARTS) is 1. The third-order valence-electron chi connectivity index (χ3n) is 3.00. The lowest BCUT2D eigenvalue weighted by molar-refractivity contribution is -0.143. The average Bonchev–Trinajstić information content (AvgIpc) is 2.38. The minimum atomic E-state index is -1.10. The van der Waals surface area contributed by atoms with E-state index in [0.717, 1.165) is 0 Å². The molecule has 0 fully saturated rings. The van der Waals surface area contributed by atoms with E-state index in [1.807, 2.05) is 0 Å². The molecule has 0 aromatic heterocycles. The minimum absolute atomic E-state index is 0.107. The Labute approximate surface area is 130 Å². The van der Waals surface area contributed by atoms with Gasteiger partial charge < -0.3 is 14.9 Å². The van der Waals surface area contributed by atoms with Gasteiger partial charge in [-0.05, 0) is 45.4 Å². The molecule has 0 heterocycles. The summed E-state index contributed by atoms with van der Waals surface area (Å²) in [5.74, 6) is -0.990. The van der Waals surface area contributed by atoms with Gasteiger partial charge in [0, 0.05) is 13.0 Å². The standard InChI is InChI=1S/C16H23NO5/c1-5-17(15(21)22-16(2,3)4)13(14(19)20)10-11-6-8-12(18)9-7-11/h6-9,13,18H,5,10H2,1-4H3,(H,19,20). The number of phenols is 1. The maximum atomic E-state index is 12.2. The Hall–Kier alpha value is -2.24. The first kappa shape index (κ1) is 17.8. The molecule has 0 radical (unpaired) electrons. The Balaban J connectivity index is 2.93. The Kier molecular flexibility index (Phi) is 5.79. The van der Waals surface area contributed by atoms with Crippen LogP contribution in [-0.4, -0.2) is 45.4 Å². The van der Waals surface area contributed by atoms with Crippen LogP contribution in [0.2, 0.25) is 0 Å². The molecule has 0 aliphatic rings. The predicted molar refractivity (Wildman–Crippen MR) is 81.8 cm³/mol. The van der Waals surface area contributed by atoms with Gasteiger partial charge in [-0.2, -0.15) is 0 Å². The van der Waals surface area contributed by atoms with Crippen LogP contribution in [-0.2, 0) is 16.0 Å². The van der Waals surface area contributed by atoms with E-state index in [0.29, 0.717) is 5.56 Å². The van der Waals surface area contributed by atoms with Crippen molar-refractivity contribution in [1.82, 2.24) is 4.90 Å². The van der Waals surface area contributed by atoms with E-state index in [2.05, 4.69) is 0 Å². The lowest BCUT2D eigenvalue weighted by atomic mass is 10.0. The zero-order valence-corrected chi connectivity index (χ0v) is 13.4. The number of carbonyl (C=O) groups excluding carboxylic acids is 1. The first-order valence-corrected chi connectivity index (χ1v) is 7.14. The summed E-state index contributed by atoms with van der Waals surface area (Å²) in [6.07, 6.45) is -0.510. The molecule has 6 nitrogen and oxygen atoms in total. The van der Waals surface area contributed by atoms with Crippen molar-refractivity contribution in [3.63, 3.8) is 0 Å². The summed E-state index contributed by atoms with van der Waals surface area (Å²) in [7, 11) is 0. The monoisotopic (exact) mass is 309 g/mol. The number of nitrogens with zero attached hydrogens (tertiary/aromatic N) is 1. The Morgan fingerprint density at radius 3 is 2.18 bits per heavy atom. The number of carboxylic acids is 1. The zero-order valence-electron chi connectivity index (χ0n) is 13.4. The number of hydrogen-bond acceptors (Lipinski definition) is 4. The van der Waals surface area contributed by atoms with Crippen molar-refractivity contribution in [1.29, 1.82) is 0 Å². The van der Waals surface area contributed by atoms with Gasteiger partial charge in [-0.1, -0.05) is 12.1 Å². The van der Waals surface area contributed by atoms with E-state index in [-0.39, 0.29) is 18.7 Å². The molecule has 122 valence electrons. The Morgan fingerprint density at radius 2 is 1.77 bits per heavy atom. The van der Waals surface area contributed by atoms with Crippen molar-refractivity contribution in [2.45, 2.75) is 45.8 Å². The summed E-state index contributed by atoms with van der Waals surface area (Å²) < 4.78 is 5.26. The molecule has 1 rings (SSSR count). The second-order valence-electron chi connectivity index (χ2n) is 5.99. The molecule has 1 aromatic rings. The molecule has 0 saturated heterocycles. The number of ether oxygens (including phenoxy) is 1. The van der Waals surface area contributed by atoms with Crippen LogP contribution in [0.15, 0.2) is 24.3 Å². The number of rotatable bonds is 5. The molecule has 0 aliphatic heterocycles. The number of aromatic hydroxyl groups is 1. The summed E-state index contributed by atoms with van der Waals surface area (Å²) >= 11 is 0. The maximum absolute atomic E-state index is 12.2. The van der Waals surface area contributed by atoms with Crippen LogP contribution >= 0.6 is 0 Å². The molecule has 0 saturated carbocycles. The van der Waals surface area contributed by atoms with Crippen molar-refractivity contribution in [3.8, 4) is 5.75 Å². The van der Waals surface area contributed by atoms with E-state index in [1.54, 1.807) is 39.8 Å². The molecular formula is C16H23NO5. The van der Waals surface area contributed by atoms with Crippen molar-refractivity contribution in [2.24, 2.45) is 0 Å². The van der Waals surface area contributed by atoms with Crippen LogP contribution in [0.25, 0.3) is 0 Å². The van der Waals surface area contributed by atoms with Gasteiger partial charge in [-0.15, -0.1) is 0 Å². The van der Waals surface area contributed by atoms with Crippen LogP contribution < -0.4 is 0 Å². The summed E-state index contributed by atoms with van der Waals surface area (Å²) in [5, 5.41) is 18.7. The average molecular weight is 309 g/mol. The van der Waals surface area contributed by atoms with Gasteiger partial charge >= 0.3 is 12.1 Å². The van der Waals surface area contributed by atoms with Crippen molar-refractivity contribution >= 4 is 12.1 Å². The third-order valence-corrected chi connectivity index (χ3v) is 3.00. The fourth-order valence-electron chi connectivity index (χ4n) is 1.98. The first-order chi connectivity index (χ1) is 10.1. The fourth-order valence-corrected chi connectivity index (χ4v) is 1.98. The number of amides is 1. The molecular weight excluding hydrogens is 286 g/mol. The second-order valence-corrected chi connectivity index (χ2v) is 5.99. The summed E-state index contributed by atoms with van der Waals surface area (Å²) in [4.78, 5) is 24.9. The summed E-state index contributed by atoms with van der Waals surface area (Å²) in [5.41, 5.74) is 0.0266. The highest BCUT2D eigenvalue weighted by atomic mass is 16.6. The van der Waals surface area contributed by atoms with Gasteiger partial charge in [0.15, 0.2) is 0 Å². The van der Waals surface area contributed by atoms with Crippen LogP contribution in [0.4, 0.5) is 4.79 Å². The van der Waals surface area contributed by atoms with E-state index in [4.69, 9.17) is 4.74 Å². The Morgan fingerprint density at radius 1 is 1.23 bits per heavy atom. The van der Waals surface area contributed by atoms with Gasteiger partial charge in [0.2, 0.25) is 0 Å². The SMILES string of the molecule is CCN(C(=O)OC(C)(C)C)C(Cc1ccc(O)cc1)C(=O)O. The second kappa shape index (κ2) is 7.15. The summed E-state index contributed by atoms with van der Waals surface area (Å²) in [6.45, 7) is 7.12. The van der Waals surface area contributed by atoms with Crippen molar-refractivity contribution in [2.75, 3.05) is 6.54 Å². The number of aliphatic carboxylic acids is 1. The lowest BCUT2D eigenvalue weighted by Gasteiger charge is -2.30. The van der Waals surface area contributed by atoms with Crippen LogP contribution in [0.5, 0.6) is 5.75 Å². The number of benzene rings is 1. The van der Waals surface area contributed by atoms with Crippen LogP contribution in [0, 0.1) is 0 Å².